The zero-order chi connectivity index (χ0) is 14.4. The molecule has 1 atom stereocenters. The number of piperidine rings is 1. The van der Waals surface area contributed by atoms with Gasteiger partial charge in [0.1, 0.15) is 0 Å². The van der Waals surface area contributed by atoms with Crippen LogP contribution < -0.4 is 0 Å². The summed E-state index contributed by atoms with van der Waals surface area (Å²) >= 11 is 6.92. The van der Waals surface area contributed by atoms with Crippen LogP contribution in [0.5, 0.6) is 0 Å². The van der Waals surface area contributed by atoms with Crippen molar-refractivity contribution >= 4 is 28.5 Å². The van der Waals surface area contributed by atoms with Crippen LogP contribution in [0.3, 0.4) is 0 Å². The fourth-order valence-corrected chi connectivity index (χ4v) is 3.52. The first-order valence-electron chi connectivity index (χ1n) is 7.18. The Morgan fingerprint density at radius 1 is 1.55 bits per heavy atom. The van der Waals surface area contributed by atoms with Crippen LogP contribution >= 0.6 is 24.2 Å². The number of pyridine rings is 1. The van der Waals surface area contributed by atoms with E-state index in [4.69, 9.17) is 17.0 Å². The second-order valence-electron chi connectivity index (χ2n) is 5.48. The summed E-state index contributed by atoms with van der Waals surface area (Å²) in [6, 6.07) is 4.54. The molecule has 0 aliphatic carbocycles. The lowest BCUT2D eigenvalue weighted by molar-refractivity contribution is 0.263. The Labute approximate surface area is 131 Å². The third kappa shape index (κ3) is 4.72. The van der Waals surface area contributed by atoms with Gasteiger partial charge in [-0.2, -0.15) is 0 Å². The SMILES string of the molecule is CC(C)COC(=S)SN1CCCCC1c1cccnc1. The number of thiocarbonyl (C=S) groups is 1. The maximum absolute atomic E-state index is 5.63. The van der Waals surface area contributed by atoms with Crippen molar-refractivity contribution in [1.82, 2.24) is 9.29 Å². The van der Waals surface area contributed by atoms with Crippen molar-refractivity contribution < 1.29 is 4.74 Å². The molecule has 0 saturated carbocycles. The summed E-state index contributed by atoms with van der Waals surface area (Å²) in [5, 5.41) is 0. The number of rotatable bonds is 4. The van der Waals surface area contributed by atoms with Gasteiger partial charge in [0.25, 0.3) is 0 Å². The molecule has 5 heteroatoms. The highest BCUT2D eigenvalue weighted by molar-refractivity contribution is 8.21. The second kappa shape index (κ2) is 7.96. The molecule has 1 saturated heterocycles. The molecule has 110 valence electrons. The monoisotopic (exact) mass is 310 g/mol. The topological polar surface area (TPSA) is 25.4 Å². The van der Waals surface area contributed by atoms with E-state index in [-0.39, 0.29) is 0 Å². The van der Waals surface area contributed by atoms with E-state index >= 15 is 0 Å². The summed E-state index contributed by atoms with van der Waals surface area (Å²) in [6.07, 6.45) is 7.42. The van der Waals surface area contributed by atoms with Gasteiger partial charge in [-0.25, -0.2) is 4.31 Å². The van der Waals surface area contributed by atoms with Crippen LogP contribution in [-0.2, 0) is 4.74 Å². The molecule has 0 amide bonds. The Kier molecular flexibility index (Phi) is 6.26. The van der Waals surface area contributed by atoms with Gasteiger partial charge in [0, 0.05) is 36.9 Å². The molecule has 0 N–H and O–H groups in total. The lowest BCUT2D eigenvalue weighted by atomic mass is 9.99. The number of ether oxygens (including phenoxy) is 1. The van der Waals surface area contributed by atoms with Crippen LogP contribution in [0.15, 0.2) is 24.5 Å². The zero-order valence-corrected chi connectivity index (χ0v) is 13.8. The smallest absolute Gasteiger partial charge is 0.235 e. The standard InChI is InChI=1S/C15H22N2OS2/c1-12(2)11-18-15(19)20-17-9-4-3-7-14(17)13-6-5-8-16-10-13/h5-6,8,10,12,14H,3-4,7,9,11H2,1-2H3. The Bertz CT molecular complexity index is 425. The van der Waals surface area contributed by atoms with Crippen molar-refractivity contribution in [3.63, 3.8) is 0 Å². The minimum absolute atomic E-state index is 0.392. The minimum atomic E-state index is 0.392. The van der Waals surface area contributed by atoms with Gasteiger partial charge in [-0.05, 0) is 42.6 Å². The van der Waals surface area contributed by atoms with E-state index in [1.54, 1.807) is 11.9 Å². The molecule has 0 spiro atoms. The van der Waals surface area contributed by atoms with Gasteiger partial charge in [0.15, 0.2) is 0 Å². The van der Waals surface area contributed by atoms with Crippen molar-refractivity contribution in [2.45, 2.75) is 39.2 Å². The Morgan fingerprint density at radius 2 is 2.40 bits per heavy atom. The van der Waals surface area contributed by atoms with Crippen LogP contribution in [0.1, 0.15) is 44.7 Å². The minimum Gasteiger partial charge on any atom is -0.477 e. The molecule has 2 heterocycles. The third-order valence-corrected chi connectivity index (χ3v) is 4.53. The average Bonchev–Trinajstić information content (AvgIpc) is 2.47. The molecule has 2 rings (SSSR count). The van der Waals surface area contributed by atoms with Gasteiger partial charge in [0.2, 0.25) is 4.38 Å². The van der Waals surface area contributed by atoms with Crippen LogP contribution in [-0.4, -0.2) is 26.8 Å². The predicted octanol–water partition coefficient (Wildman–Crippen LogP) is 4.21. The summed E-state index contributed by atoms with van der Waals surface area (Å²) in [5.74, 6) is 0.504. The van der Waals surface area contributed by atoms with Crippen molar-refractivity contribution in [2.75, 3.05) is 13.2 Å². The van der Waals surface area contributed by atoms with Gasteiger partial charge >= 0.3 is 0 Å². The zero-order valence-electron chi connectivity index (χ0n) is 12.1. The van der Waals surface area contributed by atoms with Crippen molar-refractivity contribution in [2.24, 2.45) is 5.92 Å². The fourth-order valence-electron chi connectivity index (χ4n) is 2.28. The van der Waals surface area contributed by atoms with E-state index in [1.807, 2.05) is 18.5 Å². The molecule has 0 radical (unpaired) electrons. The molecule has 1 fully saturated rings. The molecule has 20 heavy (non-hydrogen) atoms. The largest absolute Gasteiger partial charge is 0.477 e. The summed E-state index contributed by atoms with van der Waals surface area (Å²) in [7, 11) is 0. The normalized spacial score (nSPS) is 20.1. The first-order valence-corrected chi connectivity index (χ1v) is 8.36. The van der Waals surface area contributed by atoms with E-state index in [0.29, 0.717) is 22.9 Å². The number of aromatic nitrogens is 1. The van der Waals surface area contributed by atoms with Gasteiger partial charge in [-0.3, -0.25) is 4.98 Å². The van der Waals surface area contributed by atoms with Crippen molar-refractivity contribution in [1.29, 1.82) is 0 Å². The summed E-state index contributed by atoms with van der Waals surface area (Å²) in [4.78, 5) is 4.23. The van der Waals surface area contributed by atoms with E-state index in [1.165, 1.54) is 18.4 Å². The molecule has 1 aliphatic heterocycles. The van der Waals surface area contributed by atoms with Crippen LogP contribution in [0.25, 0.3) is 0 Å². The average molecular weight is 310 g/mol. The third-order valence-electron chi connectivity index (χ3n) is 3.25. The van der Waals surface area contributed by atoms with Crippen LogP contribution in [0, 0.1) is 5.92 Å². The molecular weight excluding hydrogens is 288 g/mol. The summed E-state index contributed by atoms with van der Waals surface area (Å²) < 4.78 is 8.61. The fraction of sp³-hybridized carbons (Fsp3) is 0.600. The van der Waals surface area contributed by atoms with E-state index in [2.05, 4.69) is 29.2 Å². The lowest BCUT2D eigenvalue weighted by Gasteiger charge is -2.34. The van der Waals surface area contributed by atoms with Crippen LogP contribution in [0.2, 0.25) is 0 Å². The number of hydrogen-bond acceptors (Lipinski definition) is 5. The molecule has 1 aromatic heterocycles. The first-order chi connectivity index (χ1) is 9.66. The van der Waals surface area contributed by atoms with Crippen LogP contribution in [0.4, 0.5) is 0 Å². The molecule has 3 nitrogen and oxygen atoms in total. The van der Waals surface area contributed by atoms with Gasteiger partial charge in [-0.15, -0.1) is 0 Å². The number of nitrogens with zero attached hydrogens (tertiary/aromatic N) is 2. The molecule has 0 bridgehead atoms. The summed E-state index contributed by atoms with van der Waals surface area (Å²) in [5.41, 5.74) is 1.27. The van der Waals surface area contributed by atoms with E-state index in [9.17, 15) is 0 Å². The highest BCUT2D eigenvalue weighted by Gasteiger charge is 2.26. The van der Waals surface area contributed by atoms with Gasteiger partial charge in [0.05, 0.1) is 6.61 Å². The van der Waals surface area contributed by atoms with E-state index in [0.717, 1.165) is 13.0 Å². The highest BCUT2D eigenvalue weighted by Crippen LogP contribution is 2.36. The Balaban J connectivity index is 1.95. The predicted molar refractivity (Wildman–Crippen MR) is 88.5 cm³/mol. The van der Waals surface area contributed by atoms with Crippen molar-refractivity contribution in [3.8, 4) is 0 Å². The van der Waals surface area contributed by atoms with Gasteiger partial charge < -0.3 is 4.74 Å². The first kappa shape index (κ1) is 15.7. The second-order valence-corrected chi connectivity index (χ2v) is 7.14. The molecule has 1 unspecified atom stereocenters. The molecule has 1 aliphatic rings. The maximum Gasteiger partial charge on any atom is 0.235 e. The number of hydrogen-bond donors (Lipinski definition) is 0. The molecular formula is C15H22N2OS2. The van der Waals surface area contributed by atoms with E-state index < -0.39 is 0 Å². The maximum atomic E-state index is 5.63. The molecule has 1 aromatic rings. The Hall–Kier alpha value is -0.650. The van der Waals surface area contributed by atoms with Gasteiger partial charge in [-0.1, -0.05) is 26.3 Å². The molecule has 0 aromatic carbocycles. The highest BCUT2D eigenvalue weighted by atomic mass is 32.2. The Morgan fingerprint density at radius 3 is 3.10 bits per heavy atom. The quantitative estimate of drug-likeness (QED) is 0.613. The summed E-state index contributed by atoms with van der Waals surface area (Å²) in [6.45, 7) is 6.01. The lowest BCUT2D eigenvalue weighted by Crippen LogP contribution is -2.29. The van der Waals surface area contributed by atoms with Crippen molar-refractivity contribution in [3.05, 3.63) is 30.1 Å².